The van der Waals surface area contributed by atoms with Gasteiger partial charge in [0.25, 0.3) is 0 Å². The molecule has 0 fully saturated rings. The predicted octanol–water partition coefficient (Wildman–Crippen LogP) is 0.461. The molecule has 2 heterocycles. The SMILES string of the molecule is Cn1ncc2ncc(CO)cc21. The van der Waals surface area contributed by atoms with Crippen molar-refractivity contribution in [3.63, 3.8) is 0 Å². The summed E-state index contributed by atoms with van der Waals surface area (Å²) in [4.78, 5) is 4.13. The topological polar surface area (TPSA) is 50.9 Å². The van der Waals surface area contributed by atoms with Crippen LogP contribution in [0.3, 0.4) is 0 Å². The summed E-state index contributed by atoms with van der Waals surface area (Å²) >= 11 is 0. The van der Waals surface area contributed by atoms with Gasteiger partial charge < -0.3 is 5.11 Å². The highest BCUT2D eigenvalue weighted by Gasteiger charge is 2.00. The number of aliphatic hydroxyl groups is 1. The van der Waals surface area contributed by atoms with E-state index in [1.165, 1.54) is 0 Å². The van der Waals surface area contributed by atoms with E-state index < -0.39 is 0 Å². The van der Waals surface area contributed by atoms with E-state index in [0.29, 0.717) is 0 Å². The van der Waals surface area contributed by atoms with Crippen molar-refractivity contribution in [3.8, 4) is 0 Å². The molecule has 0 saturated carbocycles. The van der Waals surface area contributed by atoms with Gasteiger partial charge in [-0.2, -0.15) is 5.10 Å². The first-order chi connectivity index (χ1) is 5.81. The second-order valence-electron chi connectivity index (χ2n) is 2.67. The fourth-order valence-electron chi connectivity index (χ4n) is 1.15. The highest BCUT2D eigenvalue weighted by Crippen LogP contribution is 2.11. The Morgan fingerprint density at radius 3 is 3.08 bits per heavy atom. The quantitative estimate of drug-likeness (QED) is 0.664. The number of rotatable bonds is 1. The Morgan fingerprint density at radius 2 is 2.33 bits per heavy atom. The van der Waals surface area contributed by atoms with Gasteiger partial charge in [0.1, 0.15) is 5.52 Å². The van der Waals surface area contributed by atoms with Crippen LogP contribution in [0.25, 0.3) is 11.0 Å². The number of fused-ring (bicyclic) bond motifs is 1. The van der Waals surface area contributed by atoms with Gasteiger partial charge >= 0.3 is 0 Å². The molecule has 12 heavy (non-hydrogen) atoms. The Labute approximate surface area is 69.5 Å². The molecule has 62 valence electrons. The molecule has 2 aromatic heterocycles. The summed E-state index contributed by atoms with van der Waals surface area (Å²) in [5.41, 5.74) is 2.61. The molecule has 0 aromatic carbocycles. The summed E-state index contributed by atoms with van der Waals surface area (Å²) < 4.78 is 1.74. The van der Waals surface area contributed by atoms with E-state index in [2.05, 4.69) is 10.1 Å². The van der Waals surface area contributed by atoms with Gasteiger partial charge in [0.15, 0.2) is 0 Å². The number of pyridine rings is 1. The maximum atomic E-state index is 8.86. The van der Waals surface area contributed by atoms with E-state index in [1.54, 1.807) is 17.1 Å². The summed E-state index contributed by atoms with van der Waals surface area (Å²) in [6.45, 7) is 0.0219. The van der Waals surface area contributed by atoms with Gasteiger partial charge in [-0.15, -0.1) is 0 Å². The molecule has 0 aliphatic heterocycles. The van der Waals surface area contributed by atoms with Crippen LogP contribution in [0.5, 0.6) is 0 Å². The lowest BCUT2D eigenvalue weighted by Crippen LogP contribution is -1.91. The molecule has 4 heteroatoms. The first kappa shape index (κ1) is 7.24. The van der Waals surface area contributed by atoms with Crippen molar-refractivity contribution >= 4 is 11.0 Å². The lowest BCUT2D eigenvalue weighted by Gasteiger charge is -1.96. The third kappa shape index (κ3) is 0.967. The number of nitrogens with zero attached hydrogens (tertiary/aromatic N) is 3. The van der Waals surface area contributed by atoms with Crippen LogP contribution >= 0.6 is 0 Å². The summed E-state index contributed by atoms with van der Waals surface area (Å²) in [6, 6.07) is 1.88. The van der Waals surface area contributed by atoms with E-state index in [0.717, 1.165) is 16.6 Å². The molecule has 0 radical (unpaired) electrons. The number of aliphatic hydroxyl groups excluding tert-OH is 1. The summed E-state index contributed by atoms with van der Waals surface area (Å²) in [5.74, 6) is 0. The zero-order valence-electron chi connectivity index (χ0n) is 6.73. The van der Waals surface area contributed by atoms with E-state index >= 15 is 0 Å². The van der Waals surface area contributed by atoms with E-state index in [1.807, 2.05) is 13.1 Å². The second-order valence-corrected chi connectivity index (χ2v) is 2.67. The molecule has 4 nitrogen and oxygen atoms in total. The van der Waals surface area contributed by atoms with Crippen LogP contribution in [0.15, 0.2) is 18.5 Å². The molecule has 0 aliphatic carbocycles. The standard InChI is InChI=1S/C8H9N3O/c1-11-8-2-6(5-12)3-9-7(8)4-10-11/h2-4,12H,5H2,1H3. The number of hydrogen-bond acceptors (Lipinski definition) is 3. The lowest BCUT2D eigenvalue weighted by molar-refractivity contribution is 0.281. The molecule has 2 aromatic rings. The maximum Gasteiger partial charge on any atom is 0.108 e. The first-order valence-electron chi connectivity index (χ1n) is 3.69. The lowest BCUT2D eigenvalue weighted by atomic mass is 10.3. The normalized spacial score (nSPS) is 10.8. The Balaban J connectivity index is 2.71. The van der Waals surface area contributed by atoms with Gasteiger partial charge in [-0.05, 0) is 11.6 Å². The Bertz CT molecular complexity index is 408. The molecule has 0 aliphatic rings. The van der Waals surface area contributed by atoms with Crippen LogP contribution in [0.4, 0.5) is 0 Å². The van der Waals surface area contributed by atoms with Crippen molar-refractivity contribution in [3.05, 3.63) is 24.0 Å². The van der Waals surface area contributed by atoms with Gasteiger partial charge in [0.2, 0.25) is 0 Å². The van der Waals surface area contributed by atoms with Crippen molar-refractivity contribution in [2.24, 2.45) is 7.05 Å². The molecule has 0 amide bonds. The minimum absolute atomic E-state index is 0.0219. The number of aromatic nitrogens is 3. The third-order valence-corrected chi connectivity index (χ3v) is 1.84. The number of aryl methyl sites for hydroxylation is 1. The average Bonchev–Trinajstić information content (AvgIpc) is 2.47. The smallest absolute Gasteiger partial charge is 0.108 e. The molecular weight excluding hydrogens is 154 g/mol. The van der Waals surface area contributed by atoms with Crippen molar-refractivity contribution in [2.45, 2.75) is 6.61 Å². The molecule has 0 saturated heterocycles. The molecular formula is C8H9N3O. The van der Waals surface area contributed by atoms with Crippen LogP contribution in [0.1, 0.15) is 5.56 Å². The average molecular weight is 163 g/mol. The van der Waals surface area contributed by atoms with E-state index in [-0.39, 0.29) is 6.61 Å². The van der Waals surface area contributed by atoms with E-state index in [9.17, 15) is 0 Å². The minimum atomic E-state index is 0.0219. The van der Waals surface area contributed by atoms with Gasteiger partial charge in [0, 0.05) is 13.2 Å². The number of hydrogen-bond donors (Lipinski definition) is 1. The fourth-order valence-corrected chi connectivity index (χ4v) is 1.15. The third-order valence-electron chi connectivity index (χ3n) is 1.84. The molecule has 0 unspecified atom stereocenters. The predicted molar refractivity (Wildman–Crippen MR) is 44.4 cm³/mol. The van der Waals surface area contributed by atoms with Crippen LogP contribution < -0.4 is 0 Å². The van der Waals surface area contributed by atoms with Crippen molar-refractivity contribution in [1.82, 2.24) is 14.8 Å². The highest BCUT2D eigenvalue weighted by atomic mass is 16.3. The van der Waals surface area contributed by atoms with Gasteiger partial charge in [-0.25, -0.2) is 0 Å². The zero-order valence-corrected chi connectivity index (χ0v) is 6.73. The molecule has 0 bridgehead atoms. The monoisotopic (exact) mass is 163 g/mol. The Kier molecular flexibility index (Phi) is 1.55. The van der Waals surface area contributed by atoms with Crippen molar-refractivity contribution < 1.29 is 5.11 Å². The Morgan fingerprint density at radius 1 is 1.50 bits per heavy atom. The van der Waals surface area contributed by atoms with Crippen LogP contribution in [0.2, 0.25) is 0 Å². The van der Waals surface area contributed by atoms with Gasteiger partial charge in [0.05, 0.1) is 18.3 Å². The molecule has 1 N–H and O–H groups in total. The van der Waals surface area contributed by atoms with Crippen LogP contribution in [0, 0.1) is 0 Å². The van der Waals surface area contributed by atoms with Crippen LogP contribution in [-0.2, 0) is 13.7 Å². The fraction of sp³-hybridized carbons (Fsp3) is 0.250. The summed E-state index contributed by atoms with van der Waals surface area (Å²) in [5, 5.41) is 12.9. The summed E-state index contributed by atoms with van der Waals surface area (Å²) in [7, 11) is 1.85. The van der Waals surface area contributed by atoms with Crippen LogP contribution in [-0.4, -0.2) is 19.9 Å². The highest BCUT2D eigenvalue weighted by molar-refractivity contribution is 5.74. The largest absolute Gasteiger partial charge is 0.392 e. The molecule has 0 spiro atoms. The first-order valence-corrected chi connectivity index (χ1v) is 3.69. The van der Waals surface area contributed by atoms with Gasteiger partial charge in [-0.3, -0.25) is 9.67 Å². The Hall–Kier alpha value is -1.42. The molecule has 2 rings (SSSR count). The van der Waals surface area contributed by atoms with E-state index in [4.69, 9.17) is 5.11 Å². The van der Waals surface area contributed by atoms with Crippen molar-refractivity contribution in [1.29, 1.82) is 0 Å². The van der Waals surface area contributed by atoms with Gasteiger partial charge in [-0.1, -0.05) is 0 Å². The minimum Gasteiger partial charge on any atom is -0.392 e. The maximum absolute atomic E-state index is 8.86. The van der Waals surface area contributed by atoms with Crippen molar-refractivity contribution in [2.75, 3.05) is 0 Å². The molecule has 0 atom stereocenters. The zero-order chi connectivity index (χ0) is 8.55. The second kappa shape index (κ2) is 2.57. The summed E-state index contributed by atoms with van der Waals surface area (Å²) in [6.07, 6.45) is 3.36.